The van der Waals surface area contributed by atoms with Crippen molar-refractivity contribution in [2.75, 3.05) is 26.3 Å². The first-order valence-electron chi connectivity index (χ1n) is 8.79. The third kappa shape index (κ3) is 3.36. The van der Waals surface area contributed by atoms with Crippen LogP contribution in [0.15, 0.2) is 52.2 Å². The number of nitrogens with one attached hydrogen (secondary N) is 1. The maximum Gasteiger partial charge on any atom is 0.277 e. The molecule has 0 amide bonds. The number of fused-ring (bicyclic) bond motifs is 1. The molecule has 1 aromatic heterocycles. The summed E-state index contributed by atoms with van der Waals surface area (Å²) >= 11 is 0. The number of nitriles is 1. The summed E-state index contributed by atoms with van der Waals surface area (Å²) in [6, 6.07) is 12.0. The van der Waals surface area contributed by atoms with E-state index < -0.39 is 21.5 Å². The fourth-order valence-electron chi connectivity index (χ4n) is 3.22. The quantitative estimate of drug-likeness (QED) is 0.682. The van der Waals surface area contributed by atoms with Crippen molar-refractivity contribution in [2.24, 2.45) is 0 Å². The Hall–Kier alpha value is -3.26. The van der Waals surface area contributed by atoms with Crippen LogP contribution in [0.25, 0.3) is 10.9 Å². The topological polar surface area (TPSA) is 125 Å². The molecule has 9 nitrogen and oxygen atoms in total. The molecule has 0 aliphatic carbocycles. The zero-order valence-corrected chi connectivity index (χ0v) is 16.0. The fourth-order valence-corrected chi connectivity index (χ4v) is 4.67. The van der Waals surface area contributed by atoms with E-state index in [-0.39, 0.29) is 28.9 Å². The smallest absolute Gasteiger partial charge is 0.277 e. The molecule has 3 aromatic rings. The molecule has 148 valence electrons. The summed E-state index contributed by atoms with van der Waals surface area (Å²) in [7, 11) is -3.76. The molecule has 29 heavy (non-hydrogen) atoms. The zero-order valence-electron chi connectivity index (χ0n) is 15.2. The Balaban J connectivity index is 1.74. The largest absolute Gasteiger partial charge is 0.379 e. The number of H-pyrrole nitrogens is 1. The van der Waals surface area contributed by atoms with Crippen molar-refractivity contribution in [3.8, 4) is 6.07 Å². The third-order valence-electron chi connectivity index (χ3n) is 4.72. The summed E-state index contributed by atoms with van der Waals surface area (Å²) in [5.41, 5.74) is 0.201. The number of sulfonamides is 1. The maximum absolute atomic E-state index is 13.0. The minimum absolute atomic E-state index is 0.00387. The molecule has 1 saturated heterocycles. The highest BCUT2D eigenvalue weighted by atomic mass is 32.2. The van der Waals surface area contributed by atoms with E-state index in [1.54, 1.807) is 0 Å². The van der Waals surface area contributed by atoms with Crippen LogP contribution in [0.1, 0.15) is 15.9 Å². The highest BCUT2D eigenvalue weighted by Crippen LogP contribution is 2.20. The van der Waals surface area contributed by atoms with Gasteiger partial charge < -0.3 is 4.74 Å². The number of hydrogen-bond acceptors (Lipinski definition) is 6. The van der Waals surface area contributed by atoms with Crippen LogP contribution in [0, 0.1) is 11.3 Å². The number of carbonyl (C=O) groups is 1. The van der Waals surface area contributed by atoms with Crippen LogP contribution in [0.5, 0.6) is 0 Å². The molecule has 4 rings (SSSR count). The lowest BCUT2D eigenvalue weighted by atomic mass is 10.1. The Kier molecular flexibility index (Phi) is 4.79. The SMILES string of the molecule is N#Cc1ccc2c(c1)c(=O)[nH]n2C(=O)c1cccc(S(=O)(=O)N2CCOCC2)c1. The van der Waals surface area contributed by atoms with E-state index >= 15 is 0 Å². The molecule has 1 aliphatic rings. The van der Waals surface area contributed by atoms with Gasteiger partial charge in [-0.25, -0.2) is 13.1 Å². The Morgan fingerprint density at radius 1 is 1.14 bits per heavy atom. The van der Waals surface area contributed by atoms with Gasteiger partial charge in [0.15, 0.2) is 0 Å². The van der Waals surface area contributed by atoms with Crippen molar-refractivity contribution in [1.82, 2.24) is 14.1 Å². The lowest BCUT2D eigenvalue weighted by molar-refractivity contribution is 0.0730. The zero-order chi connectivity index (χ0) is 20.6. The molecule has 0 unspecified atom stereocenters. The van der Waals surface area contributed by atoms with E-state index in [0.29, 0.717) is 24.3 Å². The summed E-state index contributed by atoms with van der Waals surface area (Å²) in [4.78, 5) is 25.2. The van der Waals surface area contributed by atoms with Gasteiger partial charge in [0.1, 0.15) is 0 Å². The van der Waals surface area contributed by atoms with E-state index in [2.05, 4.69) is 5.10 Å². The van der Waals surface area contributed by atoms with Gasteiger partial charge in [-0.3, -0.25) is 14.7 Å². The molecule has 0 saturated carbocycles. The lowest BCUT2D eigenvalue weighted by Crippen LogP contribution is -2.40. The number of aromatic nitrogens is 2. The molecule has 0 bridgehead atoms. The first-order valence-corrected chi connectivity index (χ1v) is 10.2. The number of morpholine rings is 1. The minimum atomic E-state index is -3.76. The lowest BCUT2D eigenvalue weighted by Gasteiger charge is -2.26. The molecule has 2 aromatic carbocycles. The van der Waals surface area contributed by atoms with Crippen LogP contribution in [0.3, 0.4) is 0 Å². The normalized spacial score (nSPS) is 15.3. The van der Waals surface area contributed by atoms with E-state index in [4.69, 9.17) is 10.00 Å². The van der Waals surface area contributed by atoms with Crippen molar-refractivity contribution in [3.63, 3.8) is 0 Å². The maximum atomic E-state index is 13.0. The van der Waals surface area contributed by atoms with Crippen LogP contribution < -0.4 is 5.56 Å². The summed E-state index contributed by atoms with van der Waals surface area (Å²) in [5, 5.41) is 11.6. The van der Waals surface area contributed by atoms with Crippen LogP contribution in [-0.4, -0.2) is 54.7 Å². The standard InChI is InChI=1S/C19H16N4O5S/c20-12-13-4-5-17-16(10-13)18(24)21-23(17)19(25)14-2-1-3-15(11-14)29(26,27)22-6-8-28-9-7-22/h1-5,10-11H,6-9H2,(H,21,24). The average molecular weight is 412 g/mol. The summed E-state index contributed by atoms with van der Waals surface area (Å²) in [6.07, 6.45) is 0. The van der Waals surface area contributed by atoms with Crippen LogP contribution in [-0.2, 0) is 14.8 Å². The molecular weight excluding hydrogens is 396 g/mol. The van der Waals surface area contributed by atoms with Gasteiger partial charge in [0, 0.05) is 18.7 Å². The van der Waals surface area contributed by atoms with Crippen LogP contribution in [0.4, 0.5) is 0 Å². The molecule has 1 N–H and O–H groups in total. The Morgan fingerprint density at radius 3 is 2.62 bits per heavy atom. The van der Waals surface area contributed by atoms with Gasteiger partial charge in [0.2, 0.25) is 10.0 Å². The Bertz CT molecular complexity index is 1310. The average Bonchev–Trinajstić information content (AvgIpc) is 3.09. The summed E-state index contributed by atoms with van der Waals surface area (Å²) in [6.45, 7) is 1.13. The van der Waals surface area contributed by atoms with Crippen molar-refractivity contribution >= 4 is 26.8 Å². The van der Waals surface area contributed by atoms with Crippen molar-refractivity contribution in [2.45, 2.75) is 4.90 Å². The van der Waals surface area contributed by atoms with Gasteiger partial charge >= 0.3 is 0 Å². The predicted octanol–water partition coefficient (Wildman–Crippen LogP) is 0.911. The number of ether oxygens (including phenoxy) is 1. The molecule has 10 heteroatoms. The number of aromatic amines is 1. The van der Waals surface area contributed by atoms with Crippen LogP contribution >= 0.6 is 0 Å². The monoisotopic (exact) mass is 412 g/mol. The fraction of sp³-hybridized carbons (Fsp3) is 0.211. The first kappa shape index (κ1) is 19.1. The Labute approximate surface area is 165 Å². The molecule has 2 heterocycles. The molecule has 1 aliphatic heterocycles. The summed E-state index contributed by atoms with van der Waals surface area (Å²) in [5.74, 6) is -0.583. The molecular formula is C19H16N4O5S. The number of carbonyl (C=O) groups excluding carboxylic acids is 1. The van der Waals surface area contributed by atoms with Crippen molar-refractivity contribution in [1.29, 1.82) is 5.26 Å². The van der Waals surface area contributed by atoms with E-state index in [1.807, 2.05) is 6.07 Å². The second-order valence-electron chi connectivity index (χ2n) is 6.47. The van der Waals surface area contributed by atoms with Gasteiger partial charge in [-0.05, 0) is 36.4 Å². The minimum Gasteiger partial charge on any atom is -0.379 e. The predicted molar refractivity (Wildman–Crippen MR) is 103 cm³/mol. The second kappa shape index (κ2) is 7.29. The van der Waals surface area contributed by atoms with Gasteiger partial charge in [-0.2, -0.15) is 9.57 Å². The van der Waals surface area contributed by atoms with Gasteiger partial charge in [0.25, 0.3) is 11.5 Å². The number of nitrogens with zero attached hydrogens (tertiary/aromatic N) is 3. The third-order valence-corrected chi connectivity index (χ3v) is 6.61. The van der Waals surface area contributed by atoms with E-state index in [1.165, 1.54) is 46.8 Å². The second-order valence-corrected chi connectivity index (χ2v) is 8.41. The first-order chi connectivity index (χ1) is 13.9. The van der Waals surface area contributed by atoms with Gasteiger partial charge in [-0.1, -0.05) is 6.07 Å². The highest BCUT2D eigenvalue weighted by molar-refractivity contribution is 7.89. The van der Waals surface area contributed by atoms with Gasteiger partial charge in [0.05, 0.1) is 40.6 Å². The van der Waals surface area contributed by atoms with E-state index in [9.17, 15) is 18.0 Å². The molecule has 0 spiro atoms. The van der Waals surface area contributed by atoms with E-state index in [0.717, 1.165) is 4.68 Å². The van der Waals surface area contributed by atoms with Crippen molar-refractivity contribution < 1.29 is 17.9 Å². The van der Waals surface area contributed by atoms with Crippen molar-refractivity contribution in [3.05, 3.63) is 63.9 Å². The molecule has 0 atom stereocenters. The summed E-state index contributed by atoms with van der Waals surface area (Å²) < 4.78 is 33.3. The highest BCUT2D eigenvalue weighted by Gasteiger charge is 2.27. The number of benzene rings is 2. The molecule has 1 fully saturated rings. The Morgan fingerprint density at radius 2 is 1.90 bits per heavy atom. The van der Waals surface area contributed by atoms with Crippen LogP contribution in [0.2, 0.25) is 0 Å². The van der Waals surface area contributed by atoms with Gasteiger partial charge in [-0.15, -0.1) is 0 Å². The number of hydrogen-bond donors (Lipinski definition) is 1. The molecule has 0 radical (unpaired) electrons. The number of rotatable bonds is 3.